The maximum absolute atomic E-state index is 12.1. The maximum atomic E-state index is 12.1. The van der Waals surface area contributed by atoms with Gasteiger partial charge < -0.3 is 19.5 Å². The van der Waals surface area contributed by atoms with E-state index in [4.69, 9.17) is 4.42 Å². The molecule has 1 aliphatic heterocycles. The molecule has 25 heavy (non-hydrogen) atoms. The minimum absolute atomic E-state index is 0.0674. The van der Waals surface area contributed by atoms with Crippen LogP contribution in [-0.2, 0) is 4.79 Å². The Morgan fingerprint density at radius 1 is 1.24 bits per heavy atom. The third-order valence-electron chi connectivity index (χ3n) is 4.23. The van der Waals surface area contributed by atoms with Crippen LogP contribution in [0, 0.1) is 0 Å². The SMILES string of the molecule is CN(C)c1ccc(-c2nc3cc(N4CCNCC4=O)ccc3o2)cn1. The first kappa shape index (κ1) is 15.6. The second-order valence-corrected chi connectivity index (χ2v) is 6.19. The van der Waals surface area contributed by atoms with Gasteiger partial charge in [0.25, 0.3) is 0 Å². The molecule has 128 valence electrons. The monoisotopic (exact) mass is 337 g/mol. The van der Waals surface area contributed by atoms with E-state index in [9.17, 15) is 4.79 Å². The molecule has 1 N–H and O–H groups in total. The number of pyridine rings is 1. The fourth-order valence-corrected chi connectivity index (χ4v) is 2.86. The second-order valence-electron chi connectivity index (χ2n) is 6.19. The number of oxazole rings is 1. The number of nitrogens with one attached hydrogen (secondary N) is 1. The molecule has 2 aromatic heterocycles. The largest absolute Gasteiger partial charge is 0.436 e. The molecule has 7 nitrogen and oxygen atoms in total. The topological polar surface area (TPSA) is 74.5 Å². The van der Waals surface area contributed by atoms with Crippen LogP contribution in [0.25, 0.3) is 22.6 Å². The molecular weight excluding hydrogens is 318 g/mol. The third kappa shape index (κ3) is 2.94. The van der Waals surface area contributed by atoms with Gasteiger partial charge in [-0.15, -0.1) is 0 Å². The van der Waals surface area contributed by atoms with Crippen LogP contribution in [0.5, 0.6) is 0 Å². The number of amides is 1. The number of piperazine rings is 1. The van der Waals surface area contributed by atoms with E-state index < -0.39 is 0 Å². The Morgan fingerprint density at radius 3 is 2.84 bits per heavy atom. The Morgan fingerprint density at radius 2 is 2.12 bits per heavy atom. The predicted molar refractivity (Wildman–Crippen MR) is 96.8 cm³/mol. The molecule has 1 aliphatic rings. The van der Waals surface area contributed by atoms with Crippen LogP contribution >= 0.6 is 0 Å². The summed E-state index contributed by atoms with van der Waals surface area (Å²) in [6.07, 6.45) is 1.75. The summed E-state index contributed by atoms with van der Waals surface area (Å²) in [7, 11) is 3.89. The molecule has 1 saturated heterocycles. The quantitative estimate of drug-likeness (QED) is 0.787. The van der Waals surface area contributed by atoms with Crippen LogP contribution in [0.4, 0.5) is 11.5 Å². The van der Waals surface area contributed by atoms with Crippen molar-refractivity contribution in [2.45, 2.75) is 0 Å². The zero-order valence-electron chi connectivity index (χ0n) is 14.2. The molecule has 4 rings (SSSR count). The number of hydrogen-bond acceptors (Lipinski definition) is 6. The average Bonchev–Trinajstić information content (AvgIpc) is 3.05. The Labute approximate surface area is 145 Å². The predicted octanol–water partition coefficient (Wildman–Crippen LogP) is 1.89. The summed E-state index contributed by atoms with van der Waals surface area (Å²) in [4.78, 5) is 24.7. The fraction of sp³-hybridized carbons (Fsp3) is 0.278. The molecule has 1 aromatic carbocycles. The summed E-state index contributed by atoms with van der Waals surface area (Å²) in [5, 5.41) is 3.07. The summed E-state index contributed by atoms with van der Waals surface area (Å²) in [6, 6.07) is 9.52. The highest BCUT2D eigenvalue weighted by molar-refractivity contribution is 5.97. The highest BCUT2D eigenvalue weighted by Gasteiger charge is 2.20. The zero-order chi connectivity index (χ0) is 17.4. The lowest BCUT2D eigenvalue weighted by molar-refractivity contribution is -0.118. The number of carbonyl (C=O) groups is 1. The van der Waals surface area contributed by atoms with Crippen molar-refractivity contribution >= 4 is 28.5 Å². The van der Waals surface area contributed by atoms with E-state index in [0.717, 1.165) is 29.1 Å². The van der Waals surface area contributed by atoms with Crippen molar-refractivity contribution in [2.75, 3.05) is 43.5 Å². The molecule has 3 heterocycles. The zero-order valence-corrected chi connectivity index (χ0v) is 14.2. The van der Waals surface area contributed by atoms with Gasteiger partial charge in [-0.3, -0.25) is 4.79 Å². The number of anilines is 2. The third-order valence-corrected chi connectivity index (χ3v) is 4.23. The second kappa shape index (κ2) is 6.18. The van der Waals surface area contributed by atoms with Crippen LogP contribution < -0.4 is 15.1 Å². The van der Waals surface area contributed by atoms with Crippen molar-refractivity contribution in [3.63, 3.8) is 0 Å². The van der Waals surface area contributed by atoms with Gasteiger partial charge in [-0.25, -0.2) is 9.97 Å². The number of carbonyl (C=O) groups excluding carboxylic acids is 1. The van der Waals surface area contributed by atoms with Crippen molar-refractivity contribution in [2.24, 2.45) is 0 Å². The van der Waals surface area contributed by atoms with Crippen LogP contribution in [-0.4, -0.2) is 49.6 Å². The molecule has 1 fully saturated rings. The van der Waals surface area contributed by atoms with Gasteiger partial charge in [0.05, 0.1) is 12.1 Å². The van der Waals surface area contributed by atoms with Crippen LogP contribution in [0.3, 0.4) is 0 Å². The number of rotatable bonds is 3. The molecule has 0 aliphatic carbocycles. The molecule has 0 unspecified atom stereocenters. The summed E-state index contributed by atoms with van der Waals surface area (Å²) < 4.78 is 5.84. The van der Waals surface area contributed by atoms with Crippen molar-refractivity contribution < 1.29 is 9.21 Å². The summed E-state index contributed by atoms with van der Waals surface area (Å²) in [5.41, 5.74) is 3.09. The van der Waals surface area contributed by atoms with E-state index in [1.54, 1.807) is 11.1 Å². The fourth-order valence-electron chi connectivity index (χ4n) is 2.86. The lowest BCUT2D eigenvalue weighted by atomic mass is 10.2. The molecule has 0 atom stereocenters. The normalized spacial score (nSPS) is 15.0. The number of aromatic nitrogens is 2. The first-order chi connectivity index (χ1) is 12.1. The number of nitrogens with zero attached hydrogens (tertiary/aromatic N) is 4. The van der Waals surface area contributed by atoms with Crippen LogP contribution in [0.15, 0.2) is 40.9 Å². The van der Waals surface area contributed by atoms with E-state index in [1.807, 2.05) is 49.3 Å². The first-order valence-corrected chi connectivity index (χ1v) is 8.17. The van der Waals surface area contributed by atoms with Crippen LogP contribution in [0.1, 0.15) is 0 Å². The maximum Gasteiger partial charge on any atom is 0.240 e. The Balaban J connectivity index is 1.67. The van der Waals surface area contributed by atoms with Crippen molar-refractivity contribution in [3.05, 3.63) is 36.5 Å². The minimum atomic E-state index is 0.0674. The van der Waals surface area contributed by atoms with Gasteiger partial charge in [0.15, 0.2) is 5.58 Å². The van der Waals surface area contributed by atoms with Gasteiger partial charge in [-0.05, 0) is 30.3 Å². The van der Waals surface area contributed by atoms with E-state index in [2.05, 4.69) is 15.3 Å². The smallest absolute Gasteiger partial charge is 0.240 e. The minimum Gasteiger partial charge on any atom is -0.436 e. The highest BCUT2D eigenvalue weighted by atomic mass is 16.3. The molecule has 0 spiro atoms. The van der Waals surface area contributed by atoms with E-state index >= 15 is 0 Å². The van der Waals surface area contributed by atoms with Gasteiger partial charge in [0, 0.05) is 39.1 Å². The molecule has 0 radical (unpaired) electrons. The van der Waals surface area contributed by atoms with E-state index in [-0.39, 0.29) is 5.91 Å². The first-order valence-electron chi connectivity index (χ1n) is 8.17. The molecule has 0 saturated carbocycles. The van der Waals surface area contributed by atoms with Crippen molar-refractivity contribution in [1.29, 1.82) is 0 Å². The van der Waals surface area contributed by atoms with E-state index in [0.29, 0.717) is 24.6 Å². The van der Waals surface area contributed by atoms with Gasteiger partial charge in [0.2, 0.25) is 11.8 Å². The number of benzene rings is 1. The van der Waals surface area contributed by atoms with Gasteiger partial charge in [-0.1, -0.05) is 0 Å². The van der Waals surface area contributed by atoms with Gasteiger partial charge in [-0.2, -0.15) is 0 Å². The lowest BCUT2D eigenvalue weighted by Gasteiger charge is -2.27. The Kier molecular flexibility index (Phi) is 3.85. The van der Waals surface area contributed by atoms with Gasteiger partial charge in [0.1, 0.15) is 11.3 Å². The molecule has 7 heteroatoms. The number of fused-ring (bicyclic) bond motifs is 1. The summed E-state index contributed by atoms with van der Waals surface area (Å²) in [6.45, 7) is 1.81. The van der Waals surface area contributed by atoms with Crippen molar-refractivity contribution in [3.8, 4) is 11.5 Å². The van der Waals surface area contributed by atoms with Crippen LogP contribution in [0.2, 0.25) is 0 Å². The molecule has 1 amide bonds. The Hall–Kier alpha value is -2.93. The Bertz CT molecular complexity index is 917. The summed E-state index contributed by atoms with van der Waals surface area (Å²) >= 11 is 0. The molecule has 0 bridgehead atoms. The highest BCUT2D eigenvalue weighted by Crippen LogP contribution is 2.28. The van der Waals surface area contributed by atoms with Crippen molar-refractivity contribution in [1.82, 2.24) is 15.3 Å². The lowest BCUT2D eigenvalue weighted by Crippen LogP contribution is -2.48. The number of hydrogen-bond donors (Lipinski definition) is 1. The van der Waals surface area contributed by atoms with Gasteiger partial charge >= 0.3 is 0 Å². The van der Waals surface area contributed by atoms with E-state index in [1.165, 1.54) is 0 Å². The average molecular weight is 337 g/mol. The molecular formula is C18H19N5O2. The standard InChI is InChI=1S/C18H19N5O2/c1-22(2)16-6-3-12(10-20-16)18-21-14-9-13(4-5-15(14)25-18)23-8-7-19-11-17(23)24/h3-6,9-10,19H,7-8,11H2,1-2H3. The molecule has 3 aromatic rings. The summed E-state index contributed by atoms with van der Waals surface area (Å²) in [5.74, 6) is 1.47.